The summed E-state index contributed by atoms with van der Waals surface area (Å²) in [6, 6.07) is 8.14. The van der Waals surface area contributed by atoms with Crippen molar-refractivity contribution >= 4 is 5.69 Å². The Morgan fingerprint density at radius 1 is 1.05 bits per heavy atom. The van der Waals surface area contributed by atoms with Crippen molar-refractivity contribution in [2.75, 3.05) is 26.6 Å². The van der Waals surface area contributed by atoms with Gasteiger partial charge in [0.1, 0.15) is 0 Å². The number of benzene rings is 1. The summed E-state index contributed by atoms with van der Waals surface area (Å²) >= 11 is 0. The fourth-order valence-corrected chi connectivity index (χ4v) is 3.69. The Balaban J connectivity index is 1.69. The molecule has 2 unspecified atom stereocenters. The van der Waals surface area contributed by atoms with Crippen LogP contribution in [-0.4, -0.2) is 44.3 Å². The molecule has 2 atom stereocenters. The molecule has 2 fully saturated rings. The second-order valence-electron chi connectivity index (χ2n) is 5.93. The van der Waals surface area contributed by atoms with Gasteiger partial charge in [-0.2, -0.15) is 0 Å². The van der Waals surface area contributed by atoms with Gasteiger partial charge in [0, 0.05) is 29.9 Å². The molecular formula is C16H24N2O2. The fraction of sp³-hybridized carbons (Fsp3) is 0.625. The zero-order chi connectivity index (χ0) is 14.1. The lowest BCUT2D eigenvalue weighted by atomic mass is 9.98. The van der Waals surface area contributed by atoms with Gasteiger partial charge in [0.15, 0.2) is 11.5 Å². The molecule has 0 spiro atoms. The first-order valence-electron chi connectivity index (χ1n) is 7.41. The highest BCUT2D eigenvalue weighted by molar-refractivity contribution is 5.55. The number of anilines is 1. The van der Waals surface area contributed by atoms with Crippen molar-refractivity contribution in [3.8, 4) is 11.5 Å². The van der Waals surface area contributed by atoms with Gasteiger partial charge < -0.3 is 19.7 Å². The van der Waals surface area contributed by atoms with Crippen LogP contribution in [0.3, 0.4) is 0 Å². The van der Waals surface area contributed by atoms with Gasteiger partial charge in [-0.1, -0.05) is 0 Å². The Labute approximate surface area is 121 Å². The summed E-state index contributed by atoms with van der Waals surface area (Å²) in [5.74, 6) is 1.56. The summed E-state index contributed by atoms with van der Waals surface area (Å²) in [6.45, 7) is 0. The number of fused-ring (bicyclic) bond motifs is 2. The largest absolute Gasteiger partial charge is 0.493 e. The van der Waals surface area contributed by atoms with E-state index in [0.29, 0.717) is 6.04 Å². The second-order valence-corrected chi connectivity index (χ2v) is 5.93. The van der Waals surface area contributed by atoms with E-state index in [1.54, 1.807) is 14.2 Å². The van der Waals surface area contributed by atoms with Crippen LogP contribution >= 0.6 is 0 Å². The monoisotopic (exact) mass is 276 g/mol. The Morgan fingerprint density at radius 3 is 2.30 bits per heavy atom. The van der Waals surface area contributed by atoms with Crippen molar-refractivity contribution in [3.05, 3.63) is 18.2 Å². The molecule has 20 heavy (non-hydrogen) atoms. The quantitative estimate of drug-likeness (QED) is 0.917. The molecule has 0 saturated carbocycles. The van der Waals surface area contributed by atoms with E-state index >= 15 is 0 Å². The lowest BCUT2D eigenvalue weighted by Gasteiger charge is -2.37. The number of nitrogens with zero attached hydrogens (tertiary/aromatic N) is 1. The molecule has 2 saturated heterocycles. The van der Waals surface area contributed by atoms with E-state index in [4.69, 9.17) is 9.47 Å². The highest BCUT2D eigenvalue weighted by atomic mass is 16.5. The van der Waals surface area contributed by atoms with Crippen molar-refractivity contribution in [1.82, 2.24) is 4.90 Å². The van der Waals surface area contributed by atoms with Crippen molar-refractivity contribution in [1.29, 1.82) is 0 Å². The number of ether oxygens (including phenoxy) is 2. The third-order valence-corrected chi connectivity index (χ3v) is 4.85. The summed E-state index contributed by atoms with van der Waals surface area (Å²) in [7, 11) is 5.62. The maximum Gasteiger partial charge on any atom is 0.162 e. The fourth-order valence-electron chi connectivity index (χ4n) is 3.69. The first kappa shape index (κ1) is 13.6. The lowest BCUT2D eigenvalue weighted by Crippen LogP contribution is -2.44. The third-order valence-electron chi connectivity index (χ3n) is 4.85. The van der Waals surface area contributed by atoms with Crippen LogP contribution in [0.15, 0.2) is 18.2 Å². The molecule has 0 aliphatic carbocycles. The van der Waals surface area contributed by atoms with Crippen molar-refractivity contribution in [2.24, 2.45) is 0 Å². The molecule has 0 radical (unpaired) electrons. The minimum Gasteiger partial charge on any atom is -0.493 e. The highest BCUT2D eigenvalue weighted by Gasteiger charge is 2.38. The minimum atomic E-state index is 0.571. The number of piperidine rings is 1. The molecule has 2 heterocycles. The number of nitrogens with one attached hydrogen (secondary N) is 1. The standard InChI is InChI=1S/C16H24N2O2/c1-18-13-5-6-14(18)9-12(8-13)17-11-4-7-15(19-2)16(10-11)20-3/h4,7,10,12-14,17H,5-6,8-9H2,1-3H3. The van der Waals surface area contributed by atoms with Gasteiger partial charge in [0.2, 0.25) is 0 Å². The summed E-state index contributed by atoms with van der Waals surface area (Å²) < 4.78 is 10.6. The Morgan fingerprint density at radius 2 is 1.70 bits per heavy atom. The van der Waals surface area contributed by atoms with Crippen LogP contribution in [0.2, 0.25) is 0 Å². The average Bonchev–Trinajstić information content (AvgIpc) is 2.68. The molecule has 1 aromatic rings. The molecule has 0 aromatic heterocycles. The van der Waals surface area contributed by atoms with Gasteiger partial charge in [0.05, 0.1) is 14.2 Å². The van der Waals surface area contributed by atoms with Crippen LogP contribution in [0.25, 0.3) is 0 Å². The lowest BCUT2D eigenvalue weighted by molar-refractivity contribution is 0.169. The molecule has 3 rings (SSSR count). The summed E-state index contributed by atoms with van der Waals surface area (Å²) in [5, 5.41) is 3.67. The van der Waals surface area contributed by atoms with Gasteiger partial charge in [-0.15, -0.1) is 0 Å². The van der Waals surface area contributed by atoms with Gasteiger partial charge in [-0.05, 0) is 44.9 Å². The van der Waals surface area contributed by atoms with E-state index in [-0.39, 0.29) is 0 Å². The maximum atomic E-state index is 5.36. The normalized spacial score (nSPS) is 29.2. The molecule has 2 aliphatic rings. The van der Waals surface area contributed by atoms with Crippen molar-refractivity contribution in [2.45, 2.75) is 43.8 Å². The number of methoxy groups -OCH3 is 2. The predicted molar refractivity (Wildman–Crippen MR) is 80.8 cm³/mol. The van der Waals surface area contributed by atoms with E-state index < -0.39 is 0 Å². The topological polar surface area (TPSA) is 33.7 Å². The molecule has 4 heteroatoms. The van der Waals surface area contributed by atoms with Crippen molar-refractivity contribution < 1.29 is 9.47 Å². The minimum absolute atomic E-state index is 0.571. The first-order chi connectivity index (χ1) is 9.71. The van der Waals surface area contributed by atoms with Crippen molar-refractivity contribution in [3.63, 3.8) is 0 Å². The van der Waals surface area contributed by atoms with Gasteiger partial charge in [-0.25, -0.2) is 0 Å². The van der Waals surface area contributed by atoms with Gasteiger partial charge in [0.25, 0.3) is 0 Å². The van der Waals surface area contributed by atoms with Gasteiger partial charge >= 0.3 is 0 Å². The second kappa shape index (κ2) is 5.52. The molecule has 1 aromatic carbocycles. The Bertz CT molecular complexity index is 464. The van der Waals surface area contributed by atoms with Crippen LogP contribution in [0.1, 0.15) is 25.7 Å². The van der Waals surface area contributed by atoms with E-state index in [1.807, 2.05) is 12.1 Å². The third kappa shape index (κ3) is 2.44. The number of rotatable bonds is 4. The zero-order valence-corrected chi connectivity index (χ0v) is 12.6. The van der Waals surface area contributed by atoms with E-state index in [9.17, 15) is 0 Å². The maximum absolute atomic E-state index is 5.36. The SMILES string of the molecule is COc1ccc(NC2CC3CCC(C2)N3C)cc1OC. The predicted octanol–water partition coefficient (Wildman–Crippen LogP) is 2.74. The molecule has 110 valence electrons. The number of hydrogen-bond acceptors (Lipinski definition) is 4. The molecule has 4 nitrogen and oxygen atoms in total. The van der Waals surface area contributed by atoms with Crippen LogP contribution in [-0.2, 0) is 0 Å². The van der Waals surface area contributed by atoms with E-state index in [2.05, 4.69) is 23.3 Å². The van der Waals surface area contributed by atoms with Crippen LogP contribution in [0, 0.1) is 0 Å². The summed E-state index contributed by atoms with van der Waals surface area (Å²) in [4.78, 5) is 2.56. The van der Waals surface area contributed by atoms with Crippen LogP contribution in [0.4, 0.5) is 5.69 Å². The molecule has 1 N–H and O–H groups in total. The number of hydrogen-bond donors (Lipinski definition) is 1. The van der Waals surface area contributed by atoms with E-state index in [0.717, 1.165) is 29.3 Å². The summed E-state index contributed by atoms with van der Waals surface area (Å²) in [5.41, 5.74) is 1.12. The Hall–Kier alpha value is -1.42. The Kier molecular flexibility index (Phi) is 3.74. The highest BCUT2D eigenvalue weighted by Crippen LogP contribution is 2.36. The molecule has 2 bridgehead atoms. The van der Waals surface area contributed by atoms with Crippen LogP contribution in [0.5, 0.6) is 11.5 Å². The first-order valence-corrected chi connectivity index (χ1v) is 7.41. The molecule has 0 amide bonds. The average molecular weight is 276 g/mol. The van der Waals surface area contributed by atoms with E-state index in [1.165, 1.54) is 25.7 Å². The van der Waals surface area contributed by atoms with Crippen LogP contribution < -0.4 is 14.8 Å². The molecule has 2 aliphatic heterocycles. The zero-order valence-electron chi connectivity index (χ0n) is 12.6. The molecular weight excluding hydrogens is 252 g/mol. The van der Waals surface area contributed by atoms with Gasteiger partial charge in [-0.3, -0.25) is 0 Å². The summed E-state index contributed by atoms with van der Waals surface area (Å²) in [6.07, 6.45) is 5.18. The smallest absolute Gasteiger partial charge is 0.162 e.